The van der Waals surface area contributed by atoms with Crippen LogP contribution in [0, 0.1) is 0 Å². The fraction of sp³-hybridized carbons (Fsp3) is 0.154. The van der Waals surface area contributed by atoms with E-state index in [1.807, 2.05) is 54.6 Å². The molecule has 0 spiro atoms. The number of sulfonamides is 1. The van der Waals surface area contributed by atoms with Gasteiger partial charge in [0.15, 0.2) is 11.2 Å². The van der Waals surface area contributed by atoms with E-state index in [1.54, 1.807) is 12.1 Å². The summed E-state index contributed by atoms with van der Waals surface area (Å²) in [5.74, 6) is 0.191. The number of primary sulfonamides is 1. The maximum absolute atomic E-state index is 13.4. The van der Waals surface area contributed by atoms with Crippen LogP contribution in [-0.4, -0.2) is 48.4 Å². The van der Waals surface area contributed by atoms with Crippen LogP contribution in [0.1, 0.15) is 22.7 Å². The summed E-state index contributed by atoms with van der Waals surface area (Å²) in [6.07, 6.45) is 0.524. The maximum atomic E-state index is 13.4. The van der Waals surface area contributed by atoms with Crippen molar-refractivity contribution >= 4 is 50.3 Å². The largest absolute Gasteiger partial charge is 0.355 e. The summed E-state index contributed by atoms with van der Waals surface area (Å²) < 4.78 is 22.7. The molecule has 1 unspecified atom stereocenters. The van der Waals surface area contributed by atoms with E-state index >= 15 is 0 Å². The van der Waals surface area contributed by atoms with Gasteiger partial charge in [0.2, 0.25) is 15.9 Å². The Morgan fingerprint density at radius 3 is 2.43 bits per heavy atom. The van der Waals surface area contributed by atoms with E-state index in [2.05, 4.69) is 10.3 Å². The SMILES string of the molecule is NS(=O)(=O)c1ccc(CCNC(=O)CSC2=Nc3ccccc3C3=NC(c4ccccc4)C(=O)N23)cc1. The van der Waals surface area contributed by atoms with Crippen LogP contribution in [0.3, 0.4) is 0 Å². The average Bonchev–Trinajstić information content (AvgIpc) is 3.25. The Labute approximate surface area is 218 Å². The molecule has 0 bridgehead atoms. The Bertz CT molecular complexity index is 1520. The number of fused-ring (bicyclic) bond motifs is 3. The highest BCUT2D eigenvalue weighted by molar-refractivity contribution is 8.14. The zero-order valence-electron chi connectivity index (χ0n) is 19.6. The summed E-state index contributed by atoms with van der Waals surface area (Å²) in [6.45, 7) is 0.370. The summed E-state index contributed by atoms with van der Waals surface area (Å²) in [5.41, 5.74) is 3.14. The van der Waals surface area contributed by atoms with Crippen molar-refractivity contribution in [2.24, 2.45) is 15.1 Å². The second kappa shape index (κ2) is 10.3. The lowest BCUT2D eigenvalue weighted by Gasteiger charge is -2.25. The number of amidine groups is 2. The lowest BCUT2D eigenvalue weighted by Crippen LogP contribution is -2.40. The summed E-state index contributed by atoms with van der Waals surface area (Å²) in [5, 5.41) is 8.38. The molecule has 2 aliphatic heterocycles. The fourth-order valence-corrected chi connectivity index (χ4v) is 5.42. The average molecular weight is 534 g/mol. The predicted octanol–water partition coefficient (Wildman–Crippen LogP) is 2.76. The third kappa shape index (κ3) is 5.33. The second-order valence-electron chi connectivity index (χ2n) is 8.43. The van der Waals surface area contributed by atoms with Gasteiger partial charge >= 0.3 is 0 Å². The van der Waals surface area contributed by atoms with Crippen LogP contribution in [-0.2, 0) is 26.0 Å². The van der Waals surface area contributed by atoms with E-state index in [0.29, 0.717) is 29.7 Å². The molecular formula is C26H23N5O4S2. The Morgan fingerprint density at radius 2 is 1.70 bits per heavy atom. The van der Waals surface area contributed by atoms with Crippen LogP contribution in [0.25, 0.3) is 0 Å². The Balaban J connectivity index is 1.24. The zero-order chi connectivity index (χ0) is 26.0. The molecule has 2 amide bonds. The quantitative estimate of drug-likeness (QED) is 0.482. The minimum atomic E-state index is -3.74. The number of rotatable bonds is 7. The van der Waals surface area contributed by atoms with E-state index in [0.717, 1.165) is 16.7 Å². The molecule has 37 heavy (non-hydrogen) atoms. The van der Waals surface area contributed by atoms with E-state index in [-0.39, 0.29) is 22.5 Å². The van der Waals surface area contributed by atoms with Crippen LogP contribution in [0.4, 0.5) is 5.69 Å². The van der Waals surface area contributed by atoms with Crippen molar-refractivity contribution in [1.29, 1.82) is 0 Å². The molecule has 3 aromatic carbocycles. The van der Waals surface area contributed by atoms with E-state index < -0.39 is 16.1 Å². The predicted molar refractivity (Wildman–Crippen MR) is 143 cm³/mol. The lowest BCUT2D eigenvalue weighted by atomic mass is 10.1. The normalized spacial score (nSPS) is 16.5. The number of hydrogen-bond donors (Lipinski definition) is 2. The van der Waals surface area contributed by atoms with Crippen LogP contribution < -0.4 is 10.5 Å². The lowest BCUT2D eigenvalue weighted by molar-refractivity contribution is -0.124. The van der Waals surface area contributed by atoms with Crippen LogP contribution in [0.5, 0.6) is 0 Å². The smallest absolute Gasteiger partial charge is 0.263 e. The first-order valence-electron chi connectivity index (χ1n) is 11.5. The van der Waals surface area contributed by atoms with Gasteiger partial charge in [0.1, 0.15) is 5.84 Å². The number of nitrogens with one attached hydrogen (secondary N) is 1. The van der Waals surface area contributed by atoms with Crippen LogP contribution >= 0.6 is 11.8 Å². The first-order valence-corrected chi connectivity index (χ1v) is 14.0. The van der Waals surface area contributed by atoms with Gasteiger partial charge in [0.05, 0.1) is 16.3 Å². The third-order valence-electron chi connectivity index (χ3n) is 5.91. The number of nitrogens with zero attached hydrogens (tertiary/aromatic N) is 3. The summed E-state index contributed by atoms with van der Waals surface area (Å²) in [4.78, 5) is 36.9. The van der Waals surface area contributed by atoms with Crippen LogP contribution in [0.15, 0.2) is 93.7 Å². The second-order valence-corrected chi connectivity index (χ2v) is 10.9. The molecule has 5 rings (SSSR count). The van der Waals surface area contributed by atoms with E-state index in [1.165, 1.54) is 28.8 Å². The highest BCUT2D eigenvalue weighted by Crippen LogP contribution is 2.37. The topological polar surface area (TPSA) is 134 Å². The number of nitrogens with two attached hydrogens (primary N) is 1. The van der Waals surface area contributed by atoms with Gasteiger partial charge < -0.3 is 5.32 Å². The zero-order valence-corrected chi connectivity index (χ0v) is 21.2. The highest BCUT2D eigenvalue weighted by atomic mass is 32.2. The number of hydrogen-bond acceptors (Lipinski definition) is 7. The molecular weight excluding hydrogens is 510 g/mol. The molecule has 0 saturated heterocycles. The van der Waals surface area contributed by atoms with Crippen molar-refractivity contribution in [2.45, 2.75) is 17.4 Å². The van der Waals surface area contributed by atoms with E-state index in [4.69, 9.17) is 10.1 Å². The first kappa shape index (κ1) is 24.9. The Morgan fingerprint density at radius 1 is 1.00 bits per heavy atom. The van der Waals surface area contributed by atoms with Crippen molar-refractivity contribution in [1.82, 2.24) is 10.2 Å². The molecule has 2 aliphatic rings. The maximum Gasteiger partial charge on any atom is 0.263 e. The molecule has 0 aromatic heterocycles. The summed E-state index contributed by atoms with van der Waals surface area (Å²) >= 11 is 1.18. The number of thioether (sulfide) groups is 1. The number of aliphatic imine (C=N–C) groups is 2. The van der Waals surface area contributed by atoms with Crippen LogP contribution in [0.2, 0.25) is 0 Å². The Kier molecular flexibility index (Phi) is 6.92. The molecule has 188 valence electrons. The molecule has 0 fully saturated rings. The van der Waals surface area contributed by atoms with Crippen molar-refractivity contribution in [3.05, 3.63) is 95.6 Å². The molecule has 0 aliphatic carbocycles. The van der Waals surface area contributed by atoms with Crippen molar-refractivity contribution in [3.63, 3.8) is 0 Å². The highest BCUT2D eigenvalue weighted by Gasteiger charge is 2.42. The van der Waals surface area contributed by atoms with Gasteiger partial charge in [-0.25, -0.2) is 28.4 Å². The molecule has 2 heterocycles. The fourth-order valence-electron chi connectivity index (χ4n) is 4.07. The van der Waals surface area contributed by atoms with Gasteiger partial charge in [0.25, 0.3) is 5.91 Å². The third-order valence-corrected chi connectivity index (χ3v) is 7.77. The van der Waals surface area contributed by atoms with Gasteiger partial charge in [-0.05, 0) is 41.8 Å². The molecule has 9 nitrogen and oxygen atoms in total. The number of benzene rings is 3. The number of carbonyl (C=O) groups is 2. The van der Waals surface area contributed by atoms with Gasteiger partial charge in [-0.3, -0.25) is 9.59 Å². The van der Waals surface area contributed by atoms with Gasteiger partial charge in [-0.1, -0.05) is 66.4 Å². The molecule has 11 heteroatoms. The monoisotopic (exact) mass is 533 g/mol. The standard InChI is InChI=1S/C26H23N5O4S2/c27-37(34,35)19-12-10-17(11-13-19)14-15-28-22(32)16-36-26-29-21-9-5-4-8-20(21)24-30-23(25(33)31(24)26)18-6-2-1-3-7-18/h1-13,23H,14-16H2,(H,28,32)(H2,27,34,35). The molecule has 0 saturated carbocycles. The van der Waals surface area contributed by atoms with E-state index in [9.17, 15) is 18.0 Å². The first-order chi connectivity index (χ1) is 17.8. The molecule has 3 N–H and O–H groups in total. The summed E-state index contributed by atoms with van der Waals surface area (Å²) in [6, 6.07) is 22.4. The van der Waals surface area contributed by atoms with Gasteiger partial charge in [0, 0.05) is 12.1 Å². The van der Waals surface area contributed by atoms with Crippen molar-refractivity contribution in [3.8, 4) is 0 Å². The minimum Gasteiger partial charge on any atom is -0.355 e. The minimum absolute atomic E-state index is 0.0420. The summed E-state index contributed by atoms with van der Waals surface area (Å²) in [7, 11) is -3.74. The molecule has 1 atom stereocenters. The van der Waals surface area contributed by atoms with Crippen molar-refractivity contribution < 1.29 is 18.0 Å². The number of para-hydroxylation sites is 1. The van der Waals surface area contributed by atoms with Gasteiger partial charge in [-0.15, -0.1) is 0 Å². The van der Waals surface area contributed by atoms with Crippen molar-refractivity contribution in [2.75, 3.05) is 12.3 Å². The molecule has 0 radical (unpaired) electrons. The number of carbonyl (C=O) groups excluding carboxylic acids is 2. The number of amides is 2. The molecule has 3 aromatic rings. The Hall–Kier alpha value is -3.80. The van der Waals surface area contributed by atoms with Gasteiger partial charge in [-0.2, -0.15) is 0 Å².